The van der Waals surface area contributed by atoms with Crippen molar-refractivity contribution in [3.05, 3.63) is 0 Å². The van der Waals surface area contributed by atoms with Gasteiger partial charge in [0.2, 0.25) is 0 Å². The molecule has 0 bridgehead atoms. The lowest BCUT2D eigenvalue weighted by molar-refractivity contribution is 0.174. The van der Waals surface area contributed by atoms with Crippen molar-refractivity contribution in [2.75, 3.05) is 6.54 Å². The van der Waals surface area contributed by atoms with Crippen LogP contribution in [0.15, 0.2) is 0 Å². The third kappa shape index (κ3) is 4.32. The highest BCUT2D eigenvalue weighted by Gasteiger charge is 2.30. The van der Waals surface area contributed by atoms with Gasteiger partial charge in [0.15, 0.2) is 0 Å². The summed E-state index contributed by atoms with van der Waals surface area (Å²) in [5.74, 6) is 1.99. The number of nitrogens with one attached hydrogen (secondary N) is 1. The predicted molar refractivity (Wildman–Crippen MR) is 76.4 cm³/mol. The van der Waals surface area contributed by atoms with Gasteiger partial charge in [-0.3, -0.25) is 0 Å². The largest absolute Gasteiger partial charge is 0.314 e. The molecule has 97 valence electrons. The molecule has 2 fully saturated rings. The molecule has 3 radical (unpaired) electrons. The molecule has 2 rings (SSSR count). The van der Waals surface area contributed by atoms with Crippen LogP contribution in [0, 0.1) is 11.8 Å². The van der Waals surface area contributed by atoms with Gasteiger partial charge in [0.1, 0.15) is 0 Å². The van der Waals surface area contributed by atoms with Gasteiger partial charge in [-0.05, 0) is 44.1 Å². The van der Waals surface area contributed by atoms with Crippen LogP contribution >= 0.6 is 0 Å². The molecule has 0 saturated heterocycles. The van der Waals surface area contributed by atoms with Gasteiger partial charge < -0.3 is 5.32 Å². The monoisotopic (exact) mass is 234 g/mol. The van der Waals surface area contributed by atoms with Gasteiger partial charge >= 0.3 is 0 Å². The molecule has 0 unspecified atom stereocenters. The molecule has 2 saturated carbocycles. The highest BCUT2D eigenvalue weighted by molar-refractivity contribution is 5.75. The van der Waals surface area contributed by atoms with E-state index in [9.17, 15) is 0 Å². The minimum absolute atomic E-state index is 0. The second-order valence-electron chi connectivity index (χ2n) is 5.88. The van der Waals surface area contributed by atoms with Crippen LogP contribution in [0.25, 0.3) is 0 Å². The third-order valence-electron chi connectivity index (χ3n) is 4.76. The molecule has 0 atom stereocenters. The molecule has 2 aliphatic rings. The van der Waals surface area contributed by atoms with Crippen LogP contribution in [0.3, 0.4) is 0 Å². The fourth-order valence-corrected chi connectivity index (χ4v) is 3.94. The molecule has 0 spiro atoms. The Balaban J connectivity index is 0.00000144. The second kappa shape index (κ2) is 8.18. The number of rotatable bonds is 4. The fraction of sp³-hybridized carbons (Fsp3) is 1.00. The van der Waals surface area contributed by atoms with E-state index in [4.69, 9.17) is 0 Å². The van der Waals surface area contributed by atoms with Crippen LogP contribution in [-0.2, 0) is 0 Å². The normalized spacial score (nSPS) is 23.6. The average Bonchev–Trinajstić information content (AvgIpc) is 2.38. The summed E-state index contributed by atoms with van der Waals surface area (Å²) < 4.78 is 0. The molecule has 0 aliphatic heterocycles. The quantitative estimate of drug-likeness (QED) is 0.730. The lowest BCUT2D eigenvalue weighted by Crippen LogP contribution is -2.43. The van der Waals surface area contributed by atoms with Crippen LogP contribution in [0.4, 0.5) is 0 Å². The average molecular weight is 234 g/mol. The zero-order valence-electron chi connectivity index (χ0n) is 11.6. The molecular weight excluding hydrogens is 205 g/mol. The first kappa shape index (κ1) is 15.1. The summed E-state index contributed by atoms with van der Waals surface area (Å²) in [6, 6.07) is 0.852. The van der Waals surface area contributed by atoms with Gasteiger partial charge in [-0.15, -0.1) is 0 Å². The van der Waals surface area contributed by atoms with Gasteiger partial charge in [0, 0.05) is 14.5 Å². The van der Waals surface area contributed by atoms with Crippen molar-refractivity contribution in [3.63, 3.8) is 0 Å². The lowest BCUT2D eigenvalue weighted by Gasteiger charge is -2.38. The Bertz CT molecular complexity index is 165. The van der Waals surface area contributed by atoms with Crippen LogP contribution in [0.1, 0.15) is 71.1 Å². The van der Waals surface area contributed by atoms with Crippen molar-refractivity contribution in [3.8, 4) is 0 Å². The standard InChI is InChI=1S/C15H29N.B/c1-2-16-15(13-9-5-3-6-10-13)14-11-7-4-8-12-14;/h13-16H,2-12H2,1H3;. The highest BCUT2D eigenvalue weighted by Crippen LogP contribution is 2.35. The van der Waals surface area contributed by atoms with E-state index in [1.165, 1.54) is 64.2 Å². The Labute approximate surface area is 110 Å². The number of hydrogen-bond donors (Lipinski definition) is 1. The SMILES string of the molecule is CCNC(C1CCCCC1)C1CCCCC1.[B]. The maximum absolute atomic E-state index is 3.82. The molecule has 0 heterocycles. The summed E-state index contributed by atoms with van der Waals surface area (Å²) in [5.41, 5.74) is 0. The van der Waals surface area contributed by atoms with Gasteiger partial charge in [0.05, 0.1) is 0 Å². The van der Waals surface area contributed by atoms with Crippen molar-refractivity contribution < 1.29 is 0 Å². The van der Waals surface area contributed by atoms with Crippen LogP contribution in [0.5, 0.6) is 0 Å². The van der Waals surface area contributed by atoms with E-state index in [0.717, 1.165) is 24.4 Å². The molecule has 0 amide bonds. The van der Waals surface area contributed by atoms with Crippen LogP contribution < -0.4 is 5.32 Å². The molecule has 0 aromatic heterocycles. The van der Waals surface area contributed by atoms with Crippen LogP contribution in [0.2, 0.25) is 0 Å². The van der Waals surface area contributed by atoms with Gasteiger partial charge in [-0.1, -0.05) is 45.4 Å². The van der Waals surface area contributed by atoms with E-state index in [1.54, 1.807) is 0 Å². The fourth-order valence-electron chi connectivity index (χ4n) is 3.94. The summed E-state index contributed by atoms with van der Waals surface area (Å²) in [6.07, 6.45) is 14.9. The Morgan fingerprint density at radius 1 is 0.824 bits per heavy atom. The van der Waals surface area contributed by atoms with Crippen molar-refractivity contribution in [2.45, 2.75) is 77.2 Å². The maximum Gasteiger partial charge on any atom is 0.0123 e. The zero-order chi connectivity index (χ0) is 11.2. The highest BCUT2D eigenvalue weighted by atomic mass is 14.9. The van der Waals surface area contributed by atoms with Crippen molar-refractivity contribution >= 4 is 8.41 Å². The second-order valence-corrected chi connectivity index (χ2v) is 5.88. The van der Waals surface area contributed by atoms with E-state index < -0.39 is 0 Å². The van der Waals surface area contributed by atoms with Crippen LogP contribution in [-0.4, -0.2) is 21.0 Å². The first-order valence-electron chi connectivity index (χ1n) is 7.65. The van der Waals surface area contributed by atoms with Gasteiger partial charge in [-0.25, -0.2) is 0 Å². The molecule has 2 heteroatoms. The Morgan fingerprint density at radius 3 is 1.59 bits per heavy atom. The summed E-state index contributed by atoms with van der Waals surface area (Å²) >= 11 is 0. The Hall–Kier alpha value is 0.0249. The number of hydrogen-bond acceptors (Lipinski definition) is 1. The summed E-state index contributed by atoms with van der Waals surface area (Å²) in [6.45, 7) is 3.44. The Morgan fingerprint density at radius 2 is 1.24 bits per heavy atom. The van der Waals surface area contributed by atoms with Gasteiger partial charge in [0.25, 0.3) is 0 Å². The van der Waals surface area contributed by atoms with E-state index in [0.29, 0.717) is 0 Å². The smallest absolute Gasteiger partial charge is 0.0123 e. The third-order valence-corrected chi connectivity index (χ3v) is 4.76. The van der Waals surface area contributed by atoms with Gasteiger partial charge in [-0.2, -0.15) is 0 Å². The molecule has 17 heavy (non-hydrogen) atoms. The van der Waals surface area contributed by atoms with E-state index in [2.05, 4.69) is 12.2 Å². The van der Waals surface area contributed by atoms with E-state index >= 15 is 0 Å². The Kier molecular flexibility index (Phi) is 7.26. The lowest BCUT2D eigenvalue weighted by atomic mass is 9.74. The predicted octanol–water partition coefficient (Wildman–Crippen LogP) is 3.74. The van der Waals surface area contributed by atoms with Crippen molar-refractivity contribution in [1.82, 2.24) is 5.32 Å². The summed E-state index contributed by atoms with van der Waals surface area (Å²) in [7, 11) is 0. The molecular formula is C15H29BN. The molecule has 0 aromatic carbocycles. The minimum atomic E-state index is 0. The molecule has 2 aliphatic carbocycles. The topological polar surface area (TPSA) is 12.0 Å². The molecule has 1 N–H and O–H groups in total. The summed E-state index contributed by atoms with van der Waals surface area (Å²) in [4.78, 5) is 0. The summed E-state index contributed by atoms with van der Waals surface area (Å²) in [5, 5.41) is 3.82. The van der Waals surface area contributed by atoms with Crippen molar-refractivity contribution in [2.24, 2.45) is 11.8 Å². The first-order valence-corrected chi connectivity index (χ1v) is 7.65. The van der Waals surface area contributed by atoms with Crippen molar-refractivity contribution in [1.29, 1.82) is 0 Å². The molecule has 0 aromatic rings. The zero-order valence-corrected chi connectivity index (χ0v) is 11.6. The van der Waals surface area contributed by atoms with E-state index in [-0.39, 0.29) is 8.41 Å². The first-order chi connectivity index (χ1) is 7.92. The maximum atomic E-state index is 3.82. The molecule has 1 nitrogen and oxygen atoms in total. The van der Waals surface area contributed by atoms with E-state index in [1.807, 2.05) is 0 Å². The minimum Gasteiger partial charge on any atom is -0.314 e.